The Hall–Kier alpha value is -2.81. The van der Waals surface area contributed by atoms with Crippen molar-refractivity contribution in [3.63, 3.8) is 0 Å². The van der Waals surface area contributed by atoms with Gasteiger partial charge in [0.25, 0.3) is 10.0 Å². The van der Waals surface area contributed by atoms with Crippen LogP contribution in [-0.2, 0) is 10.0 Å². The second kappa shape index (κ2) is 7.90. The first kappa shape index (κ1) is 19.5. The number of hydrogen-bond donors (Lipinski definition) is 0. The molecule has 0 unspecified atom stereocenters. The van der Waals surface area contributed by atoms with E-state index in [1.807, 2.05) is 29.1 Å². The van der Waals surface area contributed by atoms with Crippen LogP contribution >= 0.6 is 22.7 Å². The van der Waals surface area contributed by atoms with E-state index in [1.165, 1.54) is 35.9 Å². The summed E-state index contributed by atoms with van der Waals surface area (Å²) in [6.45, 7) is 1.89. The minimum Gasteiger partial charge on any atom is -0.289 e. The number of carbonyl (C=O) groups is 1. The number of ketones is 1. The maximum absolute atomic E-state index is 12.7. The monoisotopic (exact) mass is 440 g/mol. The van der Waals surface area contributed by atoms with Gasteiger partial charge in [0.2, 0.25) is 0 Å². The van der Waals surface area contributed by atoms with E-state index in [0.717, 1.165) is 20.1 Å². The predicted molar refractivity (Wildman–Crippen MR) is 117 cm³/mol. The number of hydrogen-bond acceptors (Lipinski definition) is 6. The number of allylic oxidation sites excluding steroid dienone is 1. The Morgan fingerprint density at radius 1 is 1.10 bits per heavy atom. The van der Waals surface area contributed by atoms with Gasteiger partial charge < -0.3 is 0 Å². The molecule has 0 bridgehead atoms. The van der Waals surface area contributed by atoms with Crippen molar-refractivity contribution in [3.05, 3.63) is 87.8 Å². The van der Waals surface area contributed by atoms with Gasteiger partial charge in [-0.25, -0.2) is 17.4 Å². The molecule has 0 saturated carbocycles. The summed E-state index contributed by atoms with van der Waals surface area (Å²) in [4.78, 5) is 17.1. The molecule has 0 fully saturated rings. The van der Waals surface area contributed by atoms with Gasteiger partial charge in [-0.15, -0.1) is 11.3 Å². The Morgan fingerprint density at radius 2 is 1.90 bits per heavy atom. The molecular formula is C21H16N2O3S3. The predicted octanol–water partition coefficient (Wildman–Crippen LogP) is 5.11. The lowest BCUT2D eigenvalue weighted by Crippen LogP contribution is -2.11. The number of carbonyl (C=O) groups excluding carboxylic acids is 1. The van der Waals surface area contributed by atoms with Crippen LogP contribution in [0.25, 0.3) is 16.6 Å². The van der Waals surface area contributed by atoms with Gasteiger partial charge in [-0.3, -0.25) is 4.79 Å². The van der Waals surface area contributed by atoms with Crippen molar-refractivity contribution in [2.45, 2.75) is 11.8 Å². The Bertz CT molecular complexity index is 1280. The van der Waals surface area contributed by atoms with Gasteiger partial charge in [0, 0.05) is 34.3 Å². The Morgan fingerprint density at radius 3 is 2.62 bits per heavy atom. The number of rotatable bonds is 6. The van der Waals surface area contributed by atoms with E-state index in [0.29, 0.717) is 11.3 Å². The minimum atomic E-state index is -3.73. The van der Waals surface area contributed by atoms with Crippen LogP contribution < -0.4 is 0 Å². The smallest absolute Gasteiger partial charge is 0.267 e. The number of aryl methyl sites for hydroxylation is 1. The standard InChI is InChI=1S/C21H16N2O3S3/c1-15-2-5-19(6-3-15)29(25,26)23-10-8-16(12-23)20(24)7-4-18-14-28-21(22-18)17-9-11-27-13-17/h2-14H,1H3. The van der Waals surface area contributed by atoms with Crippen LogP contribution in [0.2, 0.25) is 0 Å². The zero-order valence-electron chi connectivity index (χ0n) is 15.3. The first-order chi connectivity index (χ1) is 13.9. The lowest BCUT2D eigenvalue weighted by molar-refractivity contribution is 0.104. The summed E-state index contributed by atoms with van der Waals surface area (Å²) in [5.74, 6) is -0.284. The Balaban J connectivity index is 1.51. The van der Waals surface area contributed by atoms with Crippen LogP contribution in [0.1, 0.15) is 21.6 Å². The molecule has 0 saturated heterocycles. The highest BCUT2D eigenvalue weighted by Gasteiger charge is 2.17. The van der Waals surface area contributed by atoms with Gasteiger partial charge in [-0.1, -0.05) is 17.7 Å². The highest BCUT2D eigenvalue weighted by molar-refractivity contribution is 7.90. The molecule has 0 aliphatic rings. The fraction of sp³-hybridized carbons (Fsp3) is 0.0476. The molecule has 4 aromatic rings. The highest BCUT2D eigenvalue weighted by Crippen LogP contribution is 2.26. The van der Waals surface area contributed by atoms with Crippen LogP contribution in [0.15, 0.2) is 75.9 Å². The topological polar surface area (TPSA) is 69.0 Å². The quantitative estimate of drug-likeness (QED) is 0.308. The molecule has 0 N–H and O–H groups in total. The molecule has 0 aliphatic carbocycles. The number of thiazole rings is 1. The molecular weight excluding hydrogens is 424 g/mol. The molecule has 1 aromatic carbocycles. The zero-order valence-corrected chi connectivity index (χ0v) is 17.8. The highest BCUT2D eigenvalue weighted by atomic mass is 32.2. The molecule has 0 amide bonds. The first-order valence-corrected chi connectivity index (χ1v) is 11.9. The van der Waals surface area contributed by atoms with Crippen LogP contribution in [0.5, 0.6) is 0 Å². The molecule has 146 valence electrons. The average Bonchev–Trinajstić information content (AvgIpc) is 3.48. The lowest BCUT2D eigenvalue weighted by Gasteiger charge is -2.05. The van der Waals surface area contributed by atoms with E-state index in [4.69, 9.17) is 0 Å². The van der Waals surface area contributed by atoms with E-state index in [-0.39, 0.29) is 10.7 Å². The number of thiophene rings is 1. The molecule has 0 aliphatic heterocycles. The average molecular weight is 441 g/mol. The second-order valence-electron chi connectivity index (χ2n) is 6.34. The van der Waals surface area contributed by atoms with Gasteiger partial charge in [-0.05, 0) is 48.7 Å². The Kier molecular flexibility index (Phi) is 5.31. The molecule has 4 rings (SSSR count). The fourth-order valence-corrected chi connectivity index (χ4v) is 5.34. The van der Waals surface area contributed by atoms with Crippen molar-refractivity contribution < 1.29 is 13.2 Å². The summed E-state index contributed by atoms with van der Waals surface area (Å²) in [5, 5.41) is 6.79. The molecule has 5 nitrogen and oxygen atoms in total. The van der Waals surface area contributed by atoms with E-state index in [2.05, 4.69) is 4.98 Å². The van der Waals surface area contributed by atoms with Gasteiger partial charge in [-0.2, -0.15) is 11.3 Å². The summed E-state index contributed by atoms with van der Waals surface area (Å²) in [5.41, 5.74) is 3.02. The normalized spacial score (nSPS) is 11.9. The van der Waals surface area contributed by atoms with Crippen molar-refractivity contribution in [1.29, 1.82) is 0 Å². The van der Waals surface area contributed by atoms with Gasteiger partial charge in [0.05, 0.1) is 10.6 Å². The summed E-state index contributed by atoms with van der Waals surface area (Å²) >= 11 is 3.12. The first-order valence-electron chi connectivity index (χ1n) is 8.64. The van der Waals surface area contributed by atoms with Crippen LogP contribution in [0.4, 0.5) is 0 Å². The van der Waals surface area contributed by atoms with E-state index >= 15 is 0 Å². The molecule has 0 radical (unpaired) electrons. The summed E-state index contributed by atoms with van der Waals surface area (Å²) < 4.78 is 26.5. The molecule has 3 aromatic heterocycles. The van der Waals surface area contributed by atoms with Gasteiger partial charge in [0.1, 0.15) is 5.01 Å². The van der Waals surface area contributed by atoms with Crippen LogP contribution in [-0.4, -0.2) is 23.2 Å². The number of benzene rings is 1. The molecule has 3 heterocycles. The SMILES string of the molecule is Cc1ccc(S(=O)(=O)n2ccc(C(=O)C=Cc3csc(-c4ccsc4)n3)c2)cc1. The van der Waals surface area contributed by atoms with Crippen molar-refractivity contribution in [2.75, 3.05) is 0 Å². The summed E-state index contributed by atoms with van der Waals surface area (Å²) in [6.07, 6.45) is 5.76. The fourth-order valence-electron chi connectivity index (χ4n) is 2.64. The third-order valence-corrected chi connectivity index (χ3v) is 7.49. The van der Waals surface area contributed by atoms with E-state index in [1.54, 1.807) is 41.7 Å². The molecule has 29 heavy (non-hydrogen) atoms. The minimum absolute atomic E-state index is 0.177. The number of aromatic nitrogens is 2. The third kappa shape index (κ3) is 4.14. The van der Waals surface area contributed by atoms with E-state index in [9.17, 15) is 13.2 Å². The molecule has 8 heteroatoms. The zero-order chi connectivity index (χ0) is 20.4. The van der Waals surface area contributed by atoms with Crippen molar-refractivity contribution in [2.24, 2.45) is 0 Å². The molecule has 0 spiro atoms. The van der Waals surface area contributed by atoms with Crippen molar-refractivity contribution >= 4 is 44.6 Å². The third-order valence-electron chi connectivity index (χ3n) is 4.24. The van der Waals surface area contributed by atoms with Gasteiger partial charge >= 0.3 is 0 Å². The van der Waals surface area contributed by atoms with Crippen molar-refractivity contribution in [1.82, 2.24) is 8.96 Å². The maximum atomic E-state index is 12.7. The van der Waals surface area contributed by atoms with Crippen molar-refractivity contribution in [3.8, 4) is 10.6 Å². The Labute approximate surface area is 176 Å². The number of nitrogens with zero attached hydrogens (tertiary/aromatic N) is 2. The molecule has 0 atom stereocenters. The maximum Gasteiger partial charge on any atom is 0.267 e. The lowest BCUT2D eigenvalue weighted by atomic mass is 10.2. The summed E-state index contributed by atoms with van der Waals surface area (Å²) in [7, 11) is -3.73. The van der Waals surface area contributed by atoms with E-state index < -0.39 is 10.0 Å². The van der Waals surface area contributed by atoms with Crippen LogP contribution in [0.3, 0.4) is 0 Å². The summed E-state index contributed by atoms with van der Waals surface area (Å²) in [6, 6.07) is 10.1. The van der Waals surface area contributed by atoms with Crippen LogP contribution in [0, 0.1) is 6.92 Å². The second-order valence-corrected chi connectivity index (χ2v) is 9.82. The van der Waals surface area contributed by atoms with Gasteiger partial charge in [0.15, 0.2) is 5.78 Å². The largest absolute Gasteiger partial charge is 0.289 e.